The molecule has 1 aliphatic rings. The molecule has 1 fully saturated rings. The molecule has 0 saturated carbocycles. The van der Waals surface area contributed by atoms with Crippen molar-refractivity contribution >= 4 is 37.9 Å². The summed E-state index contributed by atoms with van der Waals surface area (Å²) in [6.07, 6.45) is -2.74. The van der Waals surface area contributed by atoms with Crippen LogP contribution in [-0.2, 0) is 33.8 Å². The van der Waals surface area contributed by atoms with Crippen molar-refractivity contribution in [3.8, 4) is 0 Å². The van der Waals surface area contributed by atoms with E-state index in [1.807, 2.05) is 13.8 Å². The maximum atomic E-state index is 14.3. The molecule has 4 rings (SSSR count). The smallest absolute Gasteiger partial charge is 0.342 e. The summed E-state index contributed by atoms with van der Waals surface area (Å²) in [5, 5.41) is 0. The Hall–Kier alpha value is -3.05. The molecule has 0 amide bonds. The van der Waals surface area contributed by atoms with Crippen molar-refractivity contribution in [3.63, 3.8) is 0 Å². The number of hydrogen-bond acceptors (Lipinski definition) is 7. The van der Waals surface area contributed by atoms with Gasteiger partial charge in [-0.2, -0.15) is 0 Å². The van der Waals surface area contributed by atoms with Gasteiger partial charge in [0.2, 0.25) is 10.0 Å². The van der Waals surface area contributed by atoms with E-state index < -0.39 is 39.8 Å². The van der Waals surface area contributed by atoms with E-state index in [0.29, 0.717) is 15.6 Å². The molecule has 2 atom stereocenters. The number of ether oxygens (including phenoxy) is 3. The highest BCUT2D eigenvalue weighted by Gasteiger charge is 2.71. The first-order valence-corrected chi connectivity index (χ1v) is 13.6. The minimum atomic E-state index is -4.54. The quantitative estimate of drug-likeness (QED) is 0.306. The van der Waals surface area contributed by atoms with E-state index in [0.717, 1.165) is 29.7 Å². The van der Waals surface area contributed by atoms with E-state index in [9.17, 15) is 18.0 Å². The number of rotatable bonds is 6. The highest BCUT2D eigenvalue weighted by Crippen LogP contribution is 2.53. The molecule has 0 radical (unpaired) electrons. The van der Waals surface area contributed by atoms with Crippen LogP contribution in [0.1, 0.15) is 34.6 Å². The molecular weight excluding hydrogens is 562 g/mol. The maximum Gasteiger partial charge on any atom is 0.342 e. The molecule has 194 valence electrons. The Kier molecular flexibility index (Phi) is 7.57. The van der Waals surface area contributed by atoms with Gasteiger partial charge in [-0.25, -0.2) is 18.0 Å². The molecule has 1 heterocycles. The first-order valence-electron chi connectivity index (χ1n) is 11.3. The number of esters is 2. The van der Waals surface area contributed by atoms with Crippen LogP contribution >= 0.6 is 15.9 Å². The number of methoxy groups -OCH3 is 2. The maximum absolute atomic E-state index is 14.3. The van der Waals surface area contributed by atoms with Crippen LogP contribution in [0.25, 0.3) is 0 Å². The summed E-state index contributed by atoms with van der Waals surface area (Å²) < 4.78 is 46.6. The Morgan fingerprint density at radius 2 is 1.41 bits per heavy atom. The Balaban J connectivity index is 2.08. The Bertz CT molecular complexity index is 1410. The summed E-state index contributed by atoms with van der Waals surface area (Å²) in [6.45, 7) is 3.70. The SMILES string of the molecule is COC(=O)C1(C(=O)OC)[C@H](c2ccc(C)cc2)O[C@H](c2cccc(Br)c2)N1S(=O)(=O)c1ccc(C)cc1. The minimum Gasteiger partial charge on any atom is -0.467 e. The minimum absolute atomic E-state index is 0.122. The lowest BCUT2D eigenvalue weighted by Crippen LogP contribution is -2.62. The van der Waals surface area contributed by atoms with Crippen molar-refractivity contribution in [2.45, 2.75) is 36.6 Å². The third-order valence-electron chi connectivity index (χ3n) is 6.29. The molecule has 0 aromatic heterocycles. The van der Waals surface area contributed by atoms with E-state index in [4.69, 9.17) is 14.2 Å². The van der Waals surface area contributed by atoms with Crippen molar-refractivity contribution < 1.29 is 32.2 Å². The summed E-state index contributed by atoms with van der Waals surface area (Å²) >= 11 is 3.41. The molecule has 8 nitrogen and oxygen atoms in total. The molecule has 37 heavy (non-hydrogen) atoms. The molecular formula is C27H26BrNO7S. The first kappa shape index (κ1) is 27.0. The molecule has 0 bridgehead atoms. The fourth-order valence-corrected chi connectivity index (χ4v) is 6.62. The molecule has 3 aromatic carbocycles. The average molecular weight is 588 g/mol. The van der Waals surface area contributed by atoms with Crippen LogP contribution in [0.15, 0.2) is 82.2 Å². The lowest BCUT2D eigenvalue weighted by molar-refractivity contribution is -0.169. The fourth-order valence-electron chi connectivity index (χ4n) is 4.45. The van der Waals surface area contributed by atoms with E-state index in [1.165, 1.54) is 12.1 Å². The van der Waals surface area contributed by atoms with Crippen LogP contribution in [0.4, 0.5) is 0 Å². The number of halogens is 1. The van der Waals surface area contributed by atoms with Gasteiger partial charge in [0.05, 0.1) is 19.1 Å². The van der Waals surface area contributed by atoms with Gasteiger partial charge in [-0.3, -0.25) is 0 Å². The van der Waals surface area contributed by atoms with Crippen LogP contribution in [0.3, 0.4) is 0 Å². The predicted octanol–water partition coefficient (Wildman–Crippen LogP) is 4.61. The van der Waals surface area contributed by atoms with Crippen molar-refractivity contribution in [3.05, 3.63) is 99.5 Å². The summed E-state index contributed by atoms with van der Waals surface area (Å²) in [6, 6.07) is 19.8. The number of nitrogens with zero attached hydrogens (tertiary/aromatic N) is 1. The van der Waals surface area contributed by atoms with Gasteiger partial charge in [0.1, 0.15) is 6.10 Å². The largest absolute Gasteiger partial charge is 0.467 e. The monoisotopic (exact) mass is 587 g/mol. The molecule has 10 heteroatoms. The lowest BCUT2D eigenvalue weighted by Gasteiger charge is -2.35. The molecule has 1 saturated heterocycles. The van der Waals surface area contributed by atoms with E-state index >= 15 is 0 Å². The summed E-state index contributed by atoms with van der Waals surface area (Å²) in [7, 11) is -2.37. The van der Waals surface area contributed by atoms with Gasteiger partial charge in [0.25, 0.3) is 5.54 Å². The summed E-state index contributed by atoms with van der Waals surface area (Å²) in [4.78, 5) is 27.2. The Morgan fingerprint density at radius 3 is 1.92 bits per heavy atom. The molecule has 0 N–H and O–H groups in total. The average Bonchev–Trinajstić information content (AvgIpc) is 3.26. The number of sulfonamides is 1. The Morgan fingerprint density at radius 1 is 0.865 bits per heavy atom. The topological polar surface area (TPSA) is 99.2 Å². The number of aryl methyl sites for hydroxylation is 2. The normalized spacial score (nSPS) is 19.4. The number of carbonyl (C=O) groups excluding carboxylic acids is 2. The van der Waals surface area contributed by atoms with E-state index in [-0.39, 0.29) is 4.90 Å². The fraction of sp³-hybridized carbons (Fsp3) is 0.259. The van der Waals surface area contributed by atoms with Gasteiger partial charge >= 0.3 is 11.9 Å². The standard InChI is InChI=1S/C27H26BrNO7S/c1-17-8-12-19(13-9-17)23-27(25(30)34-3,26(31)35-4)29(24(36-23)20-6-5-7-21(28)16-20)37(32,33)22-14-10-18(2)11-15-22/h5-16,23-24H,1-4H3/t23-,24+/m0/s1. The predicted molar refractivity (Wildman–Crippen MR) is 139 cm³/mol. The number of carbonyl (C=O) groups is 2. The zero-order valence-corrected chi connectivity index (χ0v) is 23.1. The lowest BCUT2D eigenvalue weighted by atomic mass is 9.87. The van der Waals surface area contributed by atoms with Crippen LogP contribution in [-0.4, -0.2) is 44.4 Å². The first-order chi connectivity index (χ1) is 17.6. The van der Waals surface area contributed by atoms with Crippen molar-refractivity contribution in [1.29, 1.82) is 0 Å². The van der Waals surface area contributed by atoms with Crippen LogP contribution in [0.2, 0.25) is 0 Å². The van der Waals surface area contributed by atoms with Gasteiger partial charge in [-0.1, -0.05) is 75.6 Å². The van der Waals surface area contributed by atoms with Gasteiger partial charge in [-0.05, 0) is 49.2 Å². The summed E-state index contributed by atoms with van der Waals surface area (Å²) in [5.74, 6) is -2.25. The van der Waals surface area contributed by atoms with Gasteiger partial charge < -0.3 is 14.2 Å². The molecule has 3 aromatic rings. The van der Waals surface area contributed by atoms with Crippen LogP contribution in [0, 0.1) is 13.8 Å². The second kappa shape index (κ2) is 10.4. The zero-order chi connectivity index (χ0) is 27.0. The number of hydrogen-bond donors (Lipinski definition) is 0. The van der Waals surface area contributed by atoms with E-state index in [2.05, 4.69) is 15.9 Å². The van der Waals surface area contributed by atoms with E-state index in [1.54, 1.807) is 60.7 Å². The Labute approximate surface area is 224 Å². The van der Waals surface area contributed by atoms with Crippen molar-refractivity contribution in [2.75, 3.05) is 14.2 Å². The zero-order valence-electron chi connectivity index (χ0n) is 20.7. The molecule has 0 unspecified atom stereocenters. The third-order valence-corrected chi connectivity index (χ3v) is 8.65. The molecule has 0 spiro atoms. The second-order valence-corrected chi connectivity index (χ2v) is 11.4. The van der Waals surface area contributed by atoms with Gasteiger partial charge in [0, 0.05) is 4.47 Å². The highest BCUT2D eigenvalue weighted by molar-refractivity contribution is 9.10. The van der Waals surface area contributed by atoms with Crippen molar-refractivity contribution in [1.82, 2.24) is 4.31 Å². The number of benzene rings is 3. The third kappa shape index (κ3) is 4.59. The van der Waals surface area contributed by atoms with Crippen molar-refractivity contribution in [2.24, 2.45) is 0 Å². The van der Waals surface area contributed by atoms with Crippen LogP contribution in [0.5, 0.6) is 0 Å². The van der Waals surface area contributed by atoms with Gasteiger partial charge in [-0.15, -0.1) is 4.31 Å². The highest BCUT2D eigenvalue weighted by atomic mass is 79.9. The van der Waals surface area contributed by atoms with Crippen LogP contribution < -0.4 is 0 Å². The summed E-state index contributed by atoms with van der Waals surface area (Å²) in [5.41, 5.74) is 0.0519. The molecule has 1 aliphatic heterocycles. The molecule has 0 aliphatic carbocycles. The second-order valence-electron chi connectivity index (χ2n) is 8.70. The van der Waals surface area contributed by atoms with Gasteiger partial charge in [0.15, 0.2) is 6.23 Å².